The number of phenols is 1. The van der Waals surface area contributed by atoms with Gasteiger partial charge in [-0.3, -0.25) is 4.90 Å². The largest absolute Gasteiger partial charge is 0.508 e. The van der Waals surface area contributed by atoms with E-state index in [2.05, 4.69) is 29.2 Å². The first kappa shape index (κ1) is 15.1. The van der Waals surface area contributed by atoms with Gasteiger partial charge in [0.15, 0.2) is 9.84 Å². The summed E-state index contributed by atoms with van der Waals surface area (Å²) < 4.78 is 22.9. The Kier molecular flexibility index (Phi) is 4.18. The van der Waals surface area contributed by atoms with E-state index in [0.29, 0.717) is 13.1 Å². The van der Waals surface area contributed by atoms with Crippen LogP contribution in [-0.2, 0) is 16.4 Å². The van der Waals surface area contributed by atoms with E-state index in [4.69, 9.17) is 0 Å². The molecule has 4 nitrogen and oxygen atoms in total. The molecule has 1 saturated heterocycles. The van der Waals surface area contributed by atoms with Crippen molar-refractivity contribution in [1.29, 1.82) is 0 Å². The summed E-state index contributed by atoms with van der Waals surface area (Å²) in [6, 6.07) is 15.4. The van der Waals surface area contributed by atoms with Gasteiger partial charge in [0.1, 0.15) is 5.75 Å². The van der Waals surface area contributed by atoms with E-state index >= 15 is 0 Å². The van der Waals surface area contributed by atoms with E-state index in [1.807, 2.05) is 12.1 Å². The van der Waals surface area contributed by atoms with Crippen molar-refractivity contribution in [1.82, 2.24) is 4.90 Å². The van der Waals surface area contributed by atoms with E-state index in [1.54, 1.807) is 12.1 Å². The fourth-order valence-electron chi connectivity index (χ4n) is 2.62. The van der Waals surface area contributed by atoms with Crippen molar-refractivity contribution in [3.63, 3.8) is 0 Å². The average Bonchev–Trinajstić information content (AvgIpc) is 2.51. The highest BCUT2D eigenvalue weighted by Crippen LogP contribution is 2.22. The number of hydrogen-bond acceptors (Lipinski definition) is 4. The number of sulfone groups is 1. The first-order valence-corrected chi connectivity index (χ1v) is 9.15. The molecule has 22 heavy (non-hydrogen) atoms. The SMILES string of the molecule is O=S1(=O)CCN(Cc2ccc(-c3ccc(O)cc3)cc2)CC1. The Hall–Kier alpha value is -1.85. The lowest BCUT2D eigenvalue weighted by Gasteiger charge is -2.26. The van der Waals surface area contributed by atoms with Gasteiger partial charge in [0, 0.05) is 19.6 Å². The third kappa shape index (κ3) is 3.67. The zero-order chi connectivity index (χ0) is 15.6. The van der Waals surface area contributed by atoms with Gasteiger partial charge in [0.2, 0.25) is 0 Å². The Balaban J connectivity index is 1.66. The molecule has 2 aromatic carbocycles. The summed E-state index contributed by atoms with van der Waals surface area (Å²) in [6.45, 7) is 2.01. The topological polar surface area (TPSA) is 57.6 Å². The number of hydrogen-bond donors (Lipinski definition) is 1. The summed E-state index contributed by atoms with van der Waals surface area (Å²) in [5.74, 6) is 0.789. The standard InChI is InChI=1S/C17H19NO3S/c19-17-7-5-16(6-8-17)15-3-1-14(2-4-15)13-18-9-11-22(20,21)12-10-18/h1-8,19H,9-13H2. The zero-order valence-corrected chi connectivity index (χ0v) is 13.1. The van der Waals surface area contributed by atoms with Crippen LogP contribution in [0.3, 0.4) is 0 Å². The van der Waals surface area contributed by atoms with E-state index in [9.17, 15) is 13.5 Å². The molecule has 0 atom stereocenters. The molecule has 0 aromatic heterocycles. The highest BCUT2D eigenvalue weighted by Gasteiger charge is 2.21. The van der Waals surface area contributed by atoms with Gasteiger partial charge in [0.05, 0.1) is 11.5 Å². The second-order valence-electron chi connectivity index (χ2n) is 5.67. The highest BCUT2D eigenvalue weighted by molar-refractivity contribution is 7.91. The maximum atomic E-state index is 11.4. The van der Waals surface area contributed by atoms with Crippen molar-refractivity contribution >= 4 is 9.84 Å². The van der Waals surface area contributed by atoms with Crippen LogP contribution in [0.5, 0.6) is 5.75 Å². The molecule has 1 heterocycles. The molecule has 1 N–H and O–H groups in total. The molecule has 1 fully saturated rings. The van der Waals surface area contributed by atoms with Crippen molar-refractivity contribution in [3.05, 3.63) is 54.1 Å². The molecule has 0 saturated carbocycles. The van der Waals surface area contributed by atoms with Crippen molar-refractivity contribution in [3.8, 4) is 16.9 Å². The molecule has 0 spiro atoms. The van der Waals surface area contributed by atoms with Crippen LogP contribution < -0.4 is 0 Å². The summed E-state index contributed by atoms with van der Waals surface area (Å²) in [5, 5.41) is 9.32. The van der Waals surface area contributed by atoms with Crippen molar-refractivity contribution < 1.29 is 13.5 Å². The Morgan fingerprint density at radius 3 is 1.91 bits per heavy atom. The summed E-state index contributed by atoms with van der Waals surface area (Å²) in [4.78, 5) is 2.18. The zero-order valence-electron chi connectivity index (χ0n) is 12.3. The summed E-state index contributed by atoms with van der Waals surface area (Å²) in [6.07, 6.45) is 0. The molecule has 0 unspecified atom stereocenters. The Bertz CT molecular complexity index is 722. The molecule has 2 aromatic rings. The minimum Gasteiger partial charge on any atom is -0.508 e. The normalized spacial score (nSPS) is 18.2. The molecule has 1 aliphatic rings. The Morgan fingerprint density at radius 2 is 1.36 bits per heavy atom. The van der Waals surface area contributed by atoms with E-state index < -0.39 is 9.84 Å². The van der Waals surface area contributed by atoms with Crippen LogP contribution in [0.2, 0.25) is 0 Å². The second-order valence-corrected chi connectivity index (χ2v) is 7.98. The van der Waals surface area contributed by atoms with E-state index in [0.717, 1.165) is 17.7 Å². The fraction of sp³-hybridized carbons (Fsp3) is 0.294. The fourth-order valence-corrected chi connectivity index (χ4v) is 3.90. The lowest BCUT2D eigenvalue weighted by molar-refractivity contribution is 0.287. The van der Waals surface area contributed by atoms with E-state index in [1.165, 1.54) is 5.56 Å². The number of benzene rings is 2. The number of aromatic hydroxyl groups is 1. The molecule has 0 amide bonds. The third-order valence-electron chi connectivity index (χ3n) is 4.00. The van der Waals surface area contributed by atoms with Crippen LogP contribution >= 0.6 is 0 Å². The second kappa shape index (κ2) is 6.10. The van der Waals surface area contributed by atoms with Crippen LogP contribution in [-0.4, -0.2) is 43.0 Å². The lowest BCUT2D eigenvalue weighted by atomic mass is 10.0. The number of nitrogens with zero attached hydrogens (tertiary/aromatic N) is 1. The van der Waals surface area contributed by atoms with Gasteiger partial charge < -0.3 is 5.11 Å². The van der Waals surface area contributed by atoms with Gasteiger partial charge in [-0.25, -0.2) is 8.42 Å². The summed E-state index contributed by atoms with van der Waals surface area (Å²) >= 11 is 0. The lowest BCUT2D eigenvalue weighted by Crippen LogP contribution is -2.39. The smallest absolute Gasteiger partial charge is 0.152 e. The molecule has 0 radical (unpaired) electrons. The first-order valence-electron chi connectivity index (χ1n) is 7.33. The van der Waals surface area contributed by atoms with Gasteiger partial charge in [0.25, 0.3) is 0 Å². The van der Waals surface area contributed by atoms with Crippen molar-refractivity contribution in [2.45, 2.75) is 6.54 Å². The molecule has 1 aliphatic heterocycles. The van der Waals surface area contributed by atoms with Crippen LogP contribution in [0.25, 0.3) is 11.1 Å². The van der Waals surface area contributed by atoms with Gasteiger partial charge in [-0.1, -0.05) is 36.4 Å². The average molecular weight is 317 g/mol. The molecular weight excluding hydrogens is 298 g/mol. The molecular formula is C17H19NO3S. The number of phenolic OH excluding ortho intramolecular Hbond substituents is 1. The minimum absolute atomic E-state index is 0.262. The van der Waals surface area contributed by atoms with Crippen LogP contribution in [0.1, 0.15) is 5.56 Å². The van der Waals surface area contributed by atoms with E-state index in [-0.39, 0.29) is 17.3 Å². The van der Waals surface area contributed by atoms with Gasteiger partial charge in [-0.05, 0) is 28.8 Å². The highest BCUT2D eigenvalue weighted by atomic mass is 32.2. The molecule has 5 heteroatoms. The predicted octanol–water partition coefficient (Wildman–Crippen LogP) is 2.29. The van der Waals surface area contributed by atoms with Gasteiger partial charge in [-0.15, -0.1) is 0 Å². The maximum Gasteiger partial charge on any atom is 0.152 e. The van der Waals surface area contributed by atoms with Crippen LogP contribution in [0.15, 0.2) is 48.5 Å². The molecule has 3 rings (SSSR count). The number of rotatable bonds is 3. The third-order valence-corrected chi connectivity index (χ3v) is 5.61. The molecule has 0 aliphatic carbocycles. The van der Waals surface area contributed by atoms with Crippen molar-refractivity contribution in [2.24, 2.45) is 0 Å². The summed E-state index contributed by atoms with van der Waals surface area (Å²) in [5.41, 5.74) is 3.35. The van der Waals surface area contributed by atoms with Gasteiger partial charge >= 0.3 is 0 Å². The maximum absolute atomic E-state index is 11.4. The predicted molar refractivity (Wildman–Crippen MR) is 87.5 cm³/mol. The van der Waals surface area contributed by atoms with Crippen LogP contribution in [0.4, 0.5) is 0 Å². The van der Waals surface area contributed by atoms with Crippen LogP contribution in [0, 0.1) is 0 Å². The molecule has 116 valence electrons. The quantitative estimate of drug-likeness (QED) is 0.943. The monoisotopic (exact) mass is 317 g/mol. The van der Waals surface area contributed by atoms with Gasteiger partial charge in [-0.2, -0.15) is 0 Å². The Morgan fingerprint density at radius 1 is 0.864 bits per heavy atom. The summed E-state index contributed by atoms with van der Waals surface area (Å²) in [7, 11) is -2.82. The minimum atomic E-state index is -2.82. The molecule has 0 bridgehead atoms. The Labute approximate surface area is 130 Å². The first-order chi connectivity index (χ1) is 10.5. The van der Waals surface area contributed by atoms with Crippen molar-refractivity contribution in [2.75, 3.05) is 24.6 Å².